The van der Waals surface area contributed by atoms with Crippen molar-refractivity contribution in [3.63, 3.8) is 0 Å². The van der Waals surface area contributed by atoms with Crippen LogP contribution < -0.4 is 19.7 Å². The number of morpholine rings is 1. The minimum Gasteiger partial charge on any atom is -0.492 e. The Kier molecular flexibility index (Phi) is 9.09. The van der Waals surface area contributed by atoms with Gasteiger partial charge in [-0.3, -0.25) is 14.9 Å². The molecule has 38 heavy (non-hydrogen) atoms. The maximum absolute atomic E-state index is 13.2. The molecule has 0 spiro atoms. The number of carbonyl (C=O) groups is 1. The number of nitrogens with zero attached hydrogens (tertiary/aromatic N) is 2. The van der Waals surface area contributed by atoms with Crippen molar-refractivity contribution in [1.82, 2.24) is 0 Å². The zero-order valence-electron chi connectivity index (χ0n) is 21.7. The Balaban J connectivity index is 1.62. The number of benzene rings is 3. The lowest BCUT2D eigenvalue weighted by atomic mass is 10.1. The maximum Gasteiger partial charge on any atom is 0.284 e. The summed E-state index contributed by atoms with van der Waals surface area (Å²) in [6, 6.07) is 15.8. The number of ether oxygens (including phenoxy) is 3. The van der Waals surface area contributed by atoms with Crippen molar-refractivity contribution < 1.29 is 23.9 Å². The van der Waals surface area contributed by atoms with E-state index >= 15 is 0 Å². The van der Waals surface area contributed by atoms with Crippen LogP contribution in [0.15, 0.2) is 64.4 Å². The minimum atomic E-state index is -0.484. The van der Waals surface area contributed by atoms with Crippen LogP contribution in [0.5, 0.6) is 11.5 Å². The van der Waals surface area contributed by atoms with Gasteiger partial charge in [-0.2, -0.15) is 0 Å². The molecule has 10 heteroatoms. The summed E-state index contributed by atoms with van der Waals surface area (Å²) in [6.45, 7) is 9.25. The van der Waals surface area contributed by atoms with Crippen LogP contribution in [0.25, 0.3) is 0 Å². The van der Waals surface area contributed by atoms with Crippen LogP contribution in [0.1, 0.15) is 29.8 Å². The molecule has 3 aromatic carbocycles. The summed E-state index contributed by atoms with van der Waals surface area (Å²) in [5, 5.41) is 14.7. The van der Waals surface area contributed by atoms with E-state index in [9.17, 15) is 14.9 Å². The quantitative estimate of drug-likeness (QED) is 0.250. The Hall–Kier alpha value is -3.76. The van der Waals surface area contributed by atoms with Crippen LogP contribution in [0.3, 0.4) is 0 Å². The molecule has 1 heterocycles. The highest BCUT2D eigenvalue weighted by Gasteiger charge is 2.23. The van der Waals surface area contributed by atoms with E-state index in [-0.39, 0.29) is 11.3 Å². The second-order valence-electron chi connectivity index (χ2n) is 8.59. The van der Waals surface area contributed by atoms with Crippen molar-refractivity contribution in [3.05, 3.63) is 75.8 Å². The SMILES string of the molecule is CCOc1cc(N2CCOCC2)c(OCC)cc1NC(=O)c1ccc(Sc2ccc(C)cc2)c([N+](=O)[O-])c1. The Morgan fingerprint density at radius 3 is 2.37 bits per heavy atom. The van der Waals surface area contributed by atoms with Gasteiger partial charge in [-0.15, -0.1) is 0 Å². The molecule has 0 unspecified atom stereocenters. The lowest BCUT2D eigenvalue weighted by molar-refractivity contribution is -0.387. The number of nitro benzene ring substituents is 1. The molecule has 3 aromatic rings. The Morgan fingerprint density at radius 2 is 1.71 bits per heavy atom. The third kappa shape index (κ3) is 6.56. The van der Waals surface area contributed by atoms with Gasteiger partial charge in [-0.1, -0.05) is 29.5 Å². The fourth-order valence-corrected chi connectivity index (χ4v) is 4.96. The first-order chi connectivity index (χ1) is 18.4. The molecule has 0 aromatic heterocycles. The van der Waals surface area contributed by atoms with Gasteiger partial charge in [0.25, 0.3) is 11.6 Å². The number of carbonyl (C=O) groups excluding carboxylic acids is 1. The van der Waals surface area contributed by atoms with Gasteiger partial charge in [0.05, 0.1) is 47.6 Å². The van der Waals surface area contributed by atoms with Gasteiger partial charge in [0.1, 0.15) is 11.5 Å². The molecule has 4 rings (SSSR count). The van der Waals surface area contributed by atoms with Gasteiger partial charge in [0.15, 0.2) is 0 Å². The molecular weight excluding hydrogens is 506 g/mol. The third-order valence-corrected chi connectivity index (χ3v) is 7.00. The largest absolute Gasteiger partial charge is 0.492 e. The van der Waals surface area contributed by atoms with Gasteiger partial charge >= 0.3 is 0 Å². The molecule has 1 saturated heterocycles. The summed E-state index contributed by atoms with van der Waals surface area (Å²) in [4.78, 5) is 28.1. The topological polar surface area (TPSA) is 103 Å². The van der Waals surface area contributed by atoms with E-state index in [4.69, 9.17) is 14.2 Å². The predicted octanol–water partition coefficient (Wildman–Crippen LogP) is 5.94. The van der Waals surface area contributed by atoms with Gasteiger partial charge < -0.3 is 24.4 Å². The average Bonchev–Trinajstić information content (AvgIpc) is 2.92. The molecule has 1 N–H and O–H groups in total. The number of aryl methyl sites for hydroxylation is 1. The van der Waals surface area contributed by atoms with Crippen molar-refractivity contribution in [1.29, 1.82) is 0 Å². The third-order valence-electron chi connectivity index (χ3n) is 5.93. The fourth-order valence-electron chi connectivity index (χ4n) is 4.06. The summed E-state index contributed by atoms with van der Waals surface area (Å²) in [6.07, 6.45) is 0. The van der Waals surface area contributed by atoms with Gasteiger partial charge in [0.2, 0.25) is 0 Å². The first-order valence-electron chi connectivity index (χ1n) is 12.5. The lowest BCUT2D eigenvalue weighted by Gasteiger charge is -2.31. The second kappa shape index (κ2) is 12.7. The van der Waals surface area contributed by atoms with Crippen molar-refractivity contribution in [2.24, 2.45) is 0 Å². The summed E-state index contributed by atoms with van der Waals surface area (Å²) < 4.78 is 17.2. The normalized spacial score (nSPS) is 13.2. The maximum atomic E-state index is 13.2. The number of nitrogens with one attached hydrogen (secondary N) is 1. The number of amides is 1. The molecule has 0 aliphatic carbocycles. The Morgan fingerprint density at radius 1 is 1.03 bits per heavy atom. The first-order valence-corrected chi connectivity index (χ1v) is 13.3. The van der Waals surface area contributed by atoms with Gasteiger partial charge in [0, 0.05) is 41.7 Å². The van der Waals surface area contributed by atoms with Crippen LogP contribution >= 0.6 is 11.8 Å². The van der Waals surface area contributed by atoms with Crippen molar-refractivity contribution >= 4 is 34.7 Å². The highest BCUT2D eigenvalue weighted by Crippen LogP contribution is 2.40. The summed E-state index contributed by atoms with van der Waals surface area (Å²) in [5.41, 5.74) is 2.43. The second-order valence-corrected chi connectivity index (χ2v) is 9.71. The summed E-state index contributed by atoms with van der Waals surface area (Å²) in [7, 11) is 0. The monoisotopic (exact) mass is 537 g/mol. The van der Waals surface area contributed by atoms with E-state index < -0.39 is 10.8 Å². The van der Waals surface area contributed by atoms with E-state index in [0.29, 0.717) is 61.6 Å². The summed E-state index contributed by atoms with van der Waals surface area (Å²) >= 11 is 1.28. The van der Waals surface area contributed by atoms with Crippen molar-refractivity contribution in [3.8, 4) is 11.5 Å². The Labute approximate surface area is 226 Å². The fraction of sp³-hybridized carbons (Fsp3) is 0.321. The Bertz CT molecular complexity index is 1290. The zero-order chi connectivity index (χ0) is 27.1. The van der Waals surface area contributed by atoms with Crippen LogP contribution in [0.4, 0.5) is 17.1 Å². The molecule has 0 atom stereocenters. The van der Waals surface area contributed by atoms with Gasteiger partial charge in [-0.25, -0.2) is 0 Å². The van der Waals surface area contributed by atoms with E-state index in [1.165, 1.54) is 17.8 Å². The number of hydrogen-bond acceptors (Lipinski definition) is 8. The molecule has 1 amide bonds. The molecule has 0 saturated carbocycles. The van der Waals surface area contributed by atoms with Crippen molar-refractivity contribution in [2.75, 3.05) is 49.7 Å². The molecule has 0 bridgehead atoms. The summed E-state index contributed by atoms with van der Waals surface area (Å²) in [5.74, 6) is 0.623. The van der Waals surface area contributed by atoms with Crippen LogP contribution in [-0.2, 0) is 4.74 Å². The molecule has 9 nitrogen and oxygen atoms in total. The number of hydrogen-bond donors (Lipinski definition) is 1. The van der Waals surface area contributed by atoms with Crippen LogP contribution in [0, 0.1) is 17.0 Å². The molecule has 200 valence electrons. The zero-order valence-corrected chi connectivity index (χ0v) is 22.5. The van der Waals surface area contributed by atoms with E-state index in [0.717, 1.165) is 16.1 Å². The van der Waals surface area contributed by atoms with Crippen LogP contribution in [-0.4, -0.2) is 50.3 Å². The lowest BCUT2D eigenvalue weighted by Crippen LogP contribution is -2.36. The van der Waals surface area contributed by atoms with E-state index in [1.807, 2.05) is 51.1 Å². The molecular formula is C28H31N3O6S. The first kappa shape index (κ1) is 27.3. The number of nitro groups is 1. The van der Waals surface area contributed by atoms with E-state index in [1.54, 1.807) is 18.2 Å². The minimum absolute atomic E-state index is 0.133. The number of anilines is 2. The average molecular weight is 538 g/mol. The predicted molar refractivity (Wildman–Crippen MR) is 148 cm³/mol. The van der Waals surface area contributed by atoms with Crippen LogP contribution in [0.2, 0.25) is 0 Å². The highest BCUT2D eigenvalue weighted by atomic mass is 32.2. The number of rotatable bonds is 10. The molecule has 1 aliphatic rings. The van der Waals surface area contributed by atoms with Gasteiger partial charge in [-0.05, 0) is 45.0 Å². The standard InChI is InChI=1S/C28H31N3O6S/c1-4-36-25-18-23(30-12-14-35-15-13-30)26(37-5-2)17-22(25)29-28(32)20-8-11-27(24(16-20)31(33)34)38-21-9-6-19(3)7-10-21/h6-11,16-18H,4-5,12-15H2,1-3H3,(H,29,32). The highest BCUT2D eigenvalue weighted by molar-refractivity contribution is 7.99. The van der Waals surface area contributed by atoms with E-state index in [2.05, 4.69) is 10.2 Å². The smallest absolute Gasteiger partial charge is 0.284 e. The molecule has 0 radical (unpaired) electrons. The molecule has 1 aliphatic heterocycles. The van der Waals surface area contributed by atoms with Crippen molar-refractivity contribution in [2.45, 2.75) is 30.6 Å². The molecule has 1 fully saturated rings.